The molecular weight excluding hydrogens is 224 g/mol. The van der Waals surface area contributed by atoms with Crippen LogP contribution in [0.25, 0.3) is 0 Å². The minimum absolute atomic E-state index is 0.338. The Bertz CT molecular complexity index is 359. The molecule has 2 N–H and O–H groups in total. The summed E-state index contributed by atoms with van der Waals surface area (Å²) in [5.74, 6) is 0.338. The summed E-state index contributed by atoms with van der Waals surface area (Å²) < 4.78 is 0. The molecule has 1 fully saturated rings. The van der Waals surface area contributed by atoms with Gasteiger partial charge in [-0.1, -0.05) is 12.1 Å². The zero-order valence-electron chi connectivity index (χ0n) is 11.4. The molecule has 1 aliphatic carbocycles. The lowest BCUT2D eigenvalue weighted by Crippen LogP contribution is -2.36. The van der Waals surface area contributed by atoms with Crippen LogP contribution in [0.1, 0.15) is 25.3 Å². The quantitative estimate of drug-likeness (QED) is 0.775. The minimum atomic E-state index is 0.338. The minimum Gasteiger partial charge on any atom is -0.508 e. The lowest BCUT2D eigenvalue weighted by Gasteiger charge is -2.19. The van der Waals surface area contributed by atoms with Gasteiger partial charge >= 0.3 is 0 Å². The molecule has 1 aromatic rings. The molecule has 0 saturated heterocycles. The van der Waals surface area contributed by atoms with Gasteiger partial charge in [0.15, 0.2) is 0 Å². The first-order valence-electron chi connectivity index (χ1n) is 6.86. The van der Waals surface area contributed by atoms with Gasteiger partial charge in [-0.3, -0.25) is 0 Å². The van der Waals surface area contributed by atoms with Crippen LogP contribution in [-0.2, 0) is 6.42 Å². The summed E-state index contributed by atoms with van der Waals surface area (Å²) in [5, 5.41) is 12.8. The Hall–Kier alpha value is -1.06. The molecule has 1 saturated carbocycles. The van der Waals surface area contributed by atoms with E-state index in [4.69, 9.17) is 0 Å². The van der Waals surface area contributed by atoms with Gasteiger partial charge in [-0.05, 0) is 50.9 Å². The van der Waals surface area contributed by atoms with Crippen molar-refractivity contribution in [2.24, 2.45) is 0 Å². The van der Waals surface area contributed by atoms with E-state index in [1.165, 1.54) is 18.4 Å². The van der Waals surface area contributed by atoms with Gasteiger partial charge in [-0.2, -0.15) is 0 Å². The number of rotatable bonds is 7. The van der Waals surface area contributed by atoms with E-state index in [1.807, 2.05) is 12.1 Å². The molecule has 0 spiro atoms. The van der Waals surface area contributed by atoms with Crippen molar-refractivity contribution in [1.29, 1.82) is 0 Å². The van der Waals surface area contributed by atoms with E-state index in [1.54, 1.807) is 12.1 Å². The lowest BCUT2D eigenvalue weighted by atomic mass is 10.1. The number of phenols is 1. The second-order valence-corrected chi connectivity index (χ2v) is 5.44. The first kappa shape index (κ1) is 13.4. The van der Waals surface area contributed by atoms with Crippen LogP contribution in [0, 0.1) is 0 Å². The number of aromatic hydroxyl groups is 1. The fourth-order valence-electron chi connectivity index (χ4n) is 2.24. The predicted molar refractivity (Wildman–Crippen MR) is 74.9 cm³/mol. The average Bonchev–Trinajstić information content (AvgIpc) is 3.16. The first-order chi connectivity index (χ1) is 8.65. The van der Waals surface area contributed by atoms with Crippen molar-refractivity contribution in [3.63, 3.8) is 0 Å². The molecule has 100 valence electrons. The Morgan fingerprint density at radius 2 is 2.00 bits per heavy atom. The largest absolute Gasteiger partial charge is 0.508 e. The predicted octanol–water partition coefficient (Wildman–Crippen LogP) is 2.01. The SMILES string of the molecule is CC(Cc1ccc(O)cc1)NCCN(C)C1CC1. The van der Waals surface area contributed by atoms with Gasteiger partial charge < -0.3 is 15.3 Å². The van der Waals surface area contributed by atoms with Crippen LogP contribution in [0.5, 0.6) is 5.75 Å². The van der Waals surface area contributed by atoms with Crippen molar-refractivity contribution in [2.45, 2.75) is 38.3 Å². The molecule has 18 heavy (non-hydrogen) atoms. The van der Waals surface area contributed by atoms with Crippen molar-refractivity contribution >= 4 is 0 Å². The summed E-state index contributed by atoms with van der Waals surface area (Å²) in [6.07, 6.45) is 3.76. The second-order valence-electron chi connectivity index (χ2n) is 5.44. The highest BCUT2D eigenvalue weighted by atomic mass is 16.3. The third kappa shape index (κ3) is 4.31. The summed E-state index contributed by atoms with van der Waals surface area (Å²) >= 11 is 0. The normalized spacial score (nSPS) is 17.1. The maximum Gasteiger partial charge on any atom is 0.115 e. The van der Waals surface area contributed by atoms with Crippen LogP contribution in [0.2, 0.25) is 0 Å². The number of benzene rings is 1. The van der Waals surface area contributed by atoms with Gasteiger partial charge in [-0.25, -0.2) is 0 Å². The van der Waals surface area contributed by atoms with Crippen molar-refractivity contribution in [3.8, 4) is 5.75 Å². The van der Waals surface area contributed by atoms with Gasteiger partial charge in [0, 0.05) is 25.2 Å². The molecule has 0 radical (unpaired) electrons. The molecule has 3 heteroatoms. The van der Waals surface area contributed by atoms with Crippen molar-refractivity contribution in [2.75, 3.05) is 20.1 Å². The van der Waals surface area contributed by atoms with Gasteiger partial charge in [0.25, 0.3) is 0 Å². The van der Waals surface area contributed by atoms with Crippen molar-refractivity contribution < 1.29 is 5.11 Å². The number of phenolic OH excluding ortho intramolecular Hbond substituents is 1. The van der Waals surface area contributed by atoms with Crippen LogP contribution >= 0.6 is 0 Å². The number of hydrogen-bond donors (Lipinski definition) is 2. The highest BCUT2D eigenvalue weighted by molar-refractivity contribution is 5.26. The molecule has 0 amide bonds. The van der Waals surface area contributed by atoms with E-state index in [-0.39, 0.29) is 0 Å². The molecular formula is C15H24N2O. The second kappa shape index (κ2) is 6.21. The third-order valence-corrected chi connectivity index (χ3v) is 3.61. The molecule has 3 nitrogen and oxygen atoms in total. The zero-order valence-corrected chi connectivity index (χ0v) is 11.4. The summed E-state index contributed by atoms with van der Waals surface area (Å²) in [7, 11) is 2.21. The fraction of sp³-hybridized carbons (Fsp3) is 0.600. The van der Waals surface area contributed by atoms with Crippen molar-refractivity contribution in [3.05, 3.63) is 29.8 Å². The first-order valence-corrected chi connectivity index (χ1v) is 6.86. The molecule has 0 aromatic heterocycles. The Kier molecular flexibility index (Phi) is 4.61. The summed E-state index contributed by atoms with van der Waals surface area (Å²) in [6.45, 7) is 4.39. The average molecular weight is 248 g/mol. The van der Waals surface area contributed by atoms with E-state index in [0.29, 0.717) is 11.8 Å². The topological polar surface area (TPSA) is 35.5 Å². The van der Waals surface area contributed by atoms with Crippen molar-refractivity contribution in [1.82, 2.24) is 10.2 Å². The van der Waals surface area contributed by atoms with Gasteiger partial charge in [0.2, 0.25) is 0 Å². The van der Waals surface area contributed by atoms with Crippen LogP contribution in [0.3, 0.4) is 0 Å². The summed E-state index contributed by atoms with van der Waals surface area (Å²) in [6, 6.07) is 8.81. The van der Waals surface area contributed by atoms with Crippen LogP contribution in [-0.4, -0.2) is 42.2 Å². The molecule has 1 aromatic carbocycles. The molecule has 0 bridgehead atoms. The summed E-state index contributed by atoms with van der Waals surface area (Å²) in [4.78, 5) is 2.44. The molecule has 0 heterocycles. The molecule has 0 aliphatic heterocycles. The standard InChI is InChI=1S/C15H24N2O/c1-12(11-13-3-7-15(18)8-4-13)16-9-10-17(2)14-5-6-14/h3-4,7-8,12,14,16,18H,5-6,9-11H2,1-2H3. The summed E-state index contributed by atoms with van der Waals surface area (Å²) in [5.41, 5.74) is 1.27. The maximum atomic E-state index is 9.23. The number of nitrogens with one attached hydrogen (secondary N) is 1. The number of likely N-dealkylation sites (N-methyl/N-ethyl adjacent to an activating group) is 1. The van der Waals surface area contributed by atoms with Crippen LogP contribution in [0.4, 0.5) is 0 Å². The monoisotopic (exact) mass is 248 g/mol. The van der Waals surface area contributed by atoms with Crippen LogP contribution in [0.15, 0.2) is 24.3 Å². The van der Waals surface area contributed by atoms with E-state index < -0.39 is 0 Å². The smallest absolute Gasteiger partial charge is 0.115 e. The highest BCUT2D eigenvalue weighted by Gasteiger charge is 2.25. The maximum absolute atomic E-state index is 9.23. The number of hydrogen-bond acceptors (Lipinski definition) is 3. The Morgan fingerprint density at radius 1 is 1.33 bits per heavy atom. The van der Waals surface area contributed by atoms with E-state index in [2.05, 4.69) is 24.2 Å². The van der Waals surface area contributed by atoms with E-state index in [0.717, 1.165) is 25.6 Å². The molecule has 1 unspecified atom stereocenters. The molecule has 1 aliphatic rings. The molecule has 2 rings (SSSR count). The lowest BCUT2D eigenvalue weighted by molar-refractivity contribution is 0.315. The third-order valence-electron chi connectivity index (χ3n) is 3.61. The fourth-order valence-corrected chi connectivity index (χ4v) is 2.24. The van der Waals surface area contributed by atoms with Gasteiger partial charge in [-0.15, -0.1) is 0 Å². The van der Waals surface area contributed by atoms with Gasteiger partial charge in [0.1, 0.15) is 5.75 Å². The number of nitrogens with zero attached hydrogens (tertiary/aromatic N) is 1. The van der Waals surface area contributed by atoms with Gasteiger partial charge in [0.05, 0.1) is 0 Å². The highest BCUT2D eigenvalue weighted by Crippen LogP contribution is 2.24. The van der Waals surface area contributed by atoms with E-state index >= 15 is 0 Å². The molecule has 1 atom stereocenters. The Morgan fingerprint density at radius 3 is 2.61 bits per heavy atom. The Labute approximate surface area is 110 Å². The zero-order chi connectivity index (χ0) is 13.0. The van der Waals surface area contributed by atoms with Crippen LogP contribution < -0.4 is 5.32 Å². The van der Waals surface area contributed by atoms with E-state index in [9.17, 15) is 5.11 Å². The Balaban J connectivity index is 1.65.